The van der Waals surface area contributed by atoms with Crippen molar-refractivity contribution in [2.75, 3.05) is 19.7 Å². The highest BCUT2D eigenvalue weighted by molar-refractivity contribution is 5.75. The van der Waals surface area contributed by atoms with Gasteiger partial charge in [-0.15, -0.1) is 0 Å². The first-order valence-corrected chi connectivity index (χ1v) is 8.06. The molecule has 0 bridgehead atoms. The number of benzene rings is 1. The second-order valence-corrected chi connectivity index (χ2v) is 6.00. The van der Waals surface area contributed by atoms with Gasteiger partial charge in [-0.3, -0.25) is 4.90 Å². The van der Waals surface area contributed by atoms with E-state index < -0.39 is 0 Å². The maximum absolute atomic E-state index is 9.23. The Labute approximate surface area is 126 Å². The van der Waals surface area contributed by atoms with E-state index in [1.807, 2.05) is 6.07 Å². The van der Waals surface area contributed by atoms with Gasteiger partial charge in [0.15, 0.2) is 0 Å². The Hall–Kier alpha value is -1.39. The van der Waals surface area contributed by atoms with Gasteiger partial charge in [0.25, 0.3) is 0 Å². The zero-order chi connectivity index (χ0) is 14.7. The Morgan fingerprint density at radius 3 is 2.95 bits per heavy atom. The average molecular weight is 287 g/mol. The van der Waals surface area contributed by atoms with E-state index in [9.17, 15) is 5.11 Å². The molecule has 0 amide bonds. The molecule has 0 radical (unpaired) electrons. The van der Waals surface area contributed by atoms with Crippen LogP contribution in [0.15, 0.2) is 24.3 Å². The van der Waals surface area contributed by atoms with Crippen molar-refractivity contribution in [3.05, 3.63) is 30.1 Å². The highest BCUT2D eigenvalue weighted by atomic mass is 16.3. The third-order valence-corrected chi connectivity index (χ3v) is 4.67. The van der Waals surface area contributed by atoms with Crippen molar-refractivity contribution < 1.29 is 5.11 Å². The van der Waals surface area contributed by atoms with Gasteiger partial charge in [0.1, 0.15) is 5.82 Å². The van der Waals surface area contributed by atoms with E-state index in [-0.39, 0.29) is 0 Å². The molecule has 4 heteroatoms. The van der Waals surface area contributed by atoms with Crippen LogP contribution in [-0.2, 0) is 6.54 Å². The van der Waals surface area contributed by atoms with Crippen molar-refractivity contribution >= 4 is 11.0 Å². The average Bonchev–Trinajstić information content (AvgIpc) is 2.82. The molecule has 1 aliphatic rings. The minimum Gasteiger partial charge on any atom is -0.396 e. The van der Waals surface area contributed by atoms with Gasteiger partial charge in [0, 0.05) is 25.7 Å². The molecule has 1 atom stereocenters. The van der Waals surface area contributed by atoms with Gasteiger partial charge in [-0.2, -0.15) is 0 Å². The summed E-state index contributed by atoms with van der Waals surface area (Å²) in [5.74, 6) is 1.09. The number of likely N-dealkylation sites (tertiary alicyclic amines) is 1. The van der Waals surface area contributed by atoms with E-state index >= 15 is 0 Å². The van der Waals surface area contributed by atoms with Crippen molar-refractivity contribution in [2.24, 2.45) is 0 Å². The molecule has 0 aliphatic carbocycles. The number of hydrogen-bond acceptors (Lipinski definition) is 3. The molecule has 1 aromatic heterocycles. The summed E-state index contributed by atoms with van der Waals surface area (Å²) in [5.41, 5.74) is 2.31. The zero-order valence-corrected chi connectivity index (χ0v) is 12.8. The Balaban J connectivity index is 1.72. The highest BCUT2D eigenvalue weighted by Gasteiger charge is 2.21. The minimum atomic E-state index is 0.300. The van der Waals surface area contributed by atoms with Crippen molar-refractivity contribution in [3.63, 3.8) is 0 Å². The predicted octanol–water partition coefficient (Wildman–Crippen LogP) is 2.58. The molecule has 1 aliphatic heterocycles. The Morgan fingerprint density at radius 2 is 2.10 bits per heavy atom. The fourth-order valence-corrected chi connectivity index (χ4v) is 3.54. The Bertz CT molecular complexity index is 591. The highest BCUT2D eigenvalue weighted by Crippen LogP contribution is 2.20. The molecule has 1 unspecified atom stereocenters. The van der Waals surface area contributed by atoms with E-state index in [0.29, 0.717) is 12.6 Å². The lowest BCUT2D eigenvalue weighted by Crippen LogP contribution is -2.41. The first-order valence-electron chi connectivity index (χ1n) is 8.06. The fraction of sp³-hybridized carbons (Fsp3) is 0.588. The summed E-state index contributed by atoms with van der Waals surface area (Å²) in [7, 11) is 0. The van der Waals surface area contributed by atoms with Crippen LogP contribution < -0.4 is 0 Å². The first kappa shape index (κ1) is 14.5. The summed E-state index contributed by atoms with van der Waals surface area (Å²) in [4.78, 5) is 7.19. The van der Waals surface area contributed by atoms with E-state index in [1.54, 1.807) is 0 Å². The quantitative estimate of drug-likeness (QED) is 0.919. The lowest BCUT2D eigenvalue weighted by Gasteiger charge is -2.35. The van der Waals surface area contributed by atoms with E-state index in [0.717, 1.165) is 37.4 Å². The van der Waals surface area contributed by atoms with E-state index in [4.69, 9.17) is 0 Å². The van der Waals surface area contributed by atoms with Crippen LogP contribution in [0.25, 0.3) is 11.0 Å². The summed E-state index contributed by atoms with van der Waals surface area (Å²) >= 11 is 0. The second kappa shape index (κ2) is 6.58. The van der Waals surface area contributed by atoms with Crippen LogP contribution in [0.1, 0.15) is 31.5 Å². The molecule has 0 saturated carbocycles. The van der Waals surface area contributed by atoms with E-state index in [1.165, 1.54) is 24.8 Å². The number of aryl methyl sites for hydroxylation is 1. The first-order chi connectivity index (χ1) is 10.3. The van der Waals surface area contributed by atoms with Crippen LogP contribution in [0.2, 0.25) is 0 Å². The number of para-hydroxylation sites is 2. The molecule has 1 saturated heterocycles. The summed E-state index contributed by atoms with van der Waals surface area (Å²) in [6.45, 7) is 5.58. The van der Waals surface area contributed by atoms with Gasteiger partial charge >= 0.3 is 0 Å². The van der Waals surface area contributed by atoms with Crippen molar-refractivity contribution in [3.8, 4) is 0 Å². The Morgan fingerprint density at radius 1 is 1.24 bits per heavy atom. The minimum absolute atomic E-state index is 0.300. The monoisotopic (exact) mass is 287 g/mol. The maximum atomic E-state index is 9.23. The molecule has 1 N–H and O–H groups in total. The number of aliphatic hydroxyl groups excluding tert-OH is 1. The number of hydrogen-bond donors (Lipinski definition) is 1. The normalized spacial score (nSPS) is 20.2. The van der Waals surface area contributed by atoms with Crippen molar-refractivity contribution in [1.29, 1.82) is 0 Å². The smallest absolute Gasteiger partial charge is 0.106 e. The third-order valence-electron chi connectivity index (χ3n) is 4.67. The van der Waals surface area contributed by atoms with Gasteiger partial charge in [0.2, 0.25) is 0 Å². The molecule has 4 nitrogen and oxygen atoms in total. The standard InChI is InChI=1S/C17H25N3O/c1-14-18-16-7-2-3-8-17(16)20(14)12-11-19-10-5-4-6-15(19)9-13-21/h2-3,7-8,15,21H,4-6,9-13H2,1H3. The molecular weight excluding hydrogens is 262 g/mol. The van der Waals surface area contributed by atoms with Gasteiger partial charge < -0.3 is 9.67 Å². The summed E-state index contributed by atoms with van der Waals surface area (Å²) < 4.78 is 2.32. The molecule has 0 spiro atoms. The number of aliphatic hydroxyl groups is 1. The van der Waals surface area contributed by atoms with Crippen molar-refractivity contribution in [2.45, 2.75) is 45.2 Å². The lowest BCUT2D eigenvalue weighted by molar-refractivity contribution is 0.115. The number of rotatable bonds is 5. The van der Waals surface area contributed by atoms with Crippen LogP contribution in [-0.4, -0.2) is 45.3 Å². The third kappa shape index (κ3) is 3.11. The van der Waals surface area contributed by atoms with Crippen LogP contribution in [0, 0.1) is 6.92 Å². The lowest BCUT2D eigenvalue weighted by atomic mass is 10.00. The summed E-state index contributed by atoms with van der Waals surface area (Å²) in [6, 6.07) is 8.90. The topological polar surface area (TPSA) is 41.3 Å². The summed E-state index contributed by atoms with van der Waals surface area (Å²) in [5, 5.41) is 9.23. The Kier molecular flexibility index (Phi) is 4.56. The number of aromatic nitrogens is 2. The SMILES string of the molecule is Cc1nc2ccccc2n1CCN1CCCCC1CCO. The number of nitrogens with zero attached hydrogens (tertiary/aromatic N) is 3. The largest absolute Gasteiger partial charge is 0.396 e. The number of piperidine rings is 1. The summed E-state index contributed by atoms with van der Waals surface area (Å²) in [6.07, 6.45) is 4.72. The fourth-order valence-electron chi connectivity index (χ4n) is 3.54. The maximum Gasteiger partial charge on any atom is 0.106 e. The molecule has 21 heavy (non-hydrogen) atoms. The zero-order valence-electron chi connectivity index (χ0n) is 12.8. The van der Waals surface area contributed by atoms with Gasteiger partial charge in [-0.25, -0.2) is 4.98 Å². The molecule has 3 rings (SSSR count). The van der Waals surface area contributed by atoms with Gasteiger partial charge in [-0.05, 0) is 44.9 Å². The predicted molar refractivity (Wildman–Crippen MR) is 85.4 cm³/mol. The van der Waals surface area contributed by atoms with Crippen LogP contribution in [0.3, 0.4) is 0 Å². The molecule has 114 valence electrons. The van der Waals surface area contributed by atoms with E-state index in [2.05, 4.69) is 39.6 Å². The molecule has 2 heterocycles. The van der Waals surface area contributed by atoms with Gasteiger partial charge in [-0.1, -0.05) is 18.6 Å². The van der Waals surface area contributed by atoms with Crippen LogP contribution in [0.4, 0.5) is 0 Å². The van der Waals surface area contributed by atoms with Crippen LogP contribution in [0.5, 0.6) is 0 Å². The molecular formula is C17H25N3O. The molecule has 2 aromatic rings. The van der Waals surface area contributed by atoms with Gasteiger partial charge in [0.05, 0.1) is 11.0 Å². The molecule has 1 fully saturated rings. The van der Waals surface area contributed by atoms with Crippen molar-refractivity contribution in [1.82, 2.24) is 14.5 Å². The second-order valence-electron chi connectivity index (χ2n) is 6.00. The molecule has 1 aromatic carbocycles. The number of fused-ring (bicyclic) bond motifs is 1. The van der Waals surface area contributed by atoms with Crippen LogP contribution >= 0.6 is 0 Å². The number of imidazole rings is 1.